The highest BCUT2D eigenvalue weighted by atomic mass is 16.4. The van der Waals surface area contributed by atoms with E-state index in [-0.39, 0.29) is 24.0 Å². The van der Waals surface area contributed by atoms with Crippen LogP contribution in [0.2, 0.25) is 0 Å². The molecule has 0 aliphatic carbocycles. The maximum absolute atomic E-state index is 12.0. The highest BCUT2D eigenvalue weighted by molar-refractivity contribution is 5.94. The fourth-order valence-electron chi connectivity index (χ4n) is 1.84. The molecule has 0 radical (unpaired) electrons. The Balaban J connectivity index is 2.84. The molecule has 5 heteroatoms. The van der Waals surface area contributed by atoms with Crippen LogP contribution in [0.25, 0.3) is 0 Å². The molecule has 1 aromatic carbocycles. The number of carbonyl (C=O) groups is 2. The van der Waals surface area contributed by atoms with Crippen molar-refractivity contribution in [3.63, 3.8) is 0 Å². The average molecular weight is 279 g/mol. The van der Waals surface area contributed by atoms with E-state index in [4.69, 9.17) is 0 Å². The van der Waals surface area contributed by atoms with Crippen LogP contribution >= 0.6 is 0 Å². The molecule has 1 unspecified atom stereocenters. The van der Waals surface area contributed by atoms with Crippen LogP contribution in [-0.2, 0) is 9.59 Å². The predicted octanol–water partition coefficient (Wildman–Crippen LogP) is 2.78. The number of benzene rings is 1. The van der Waals surface area contributed by atoms with Crippen LogP contribution in [0.4, 0.5) is 5.69 Å². The molecule has 0 fully saturated rings. The van der Waals surface area contributed by atoms with Gasteiger partial charge in [0, 0.05) is 12.1 Å². The quantitative estimate of drug-likeness (QED) is 0.723. The van der Waals surface area contributed by atoms with Gasteiger partial charge in [0.15, 0.2) is 0 Å². The van der Waals surface area contributed by atoms with Crippen LogP contribution < -0.4 is 5.32 Å². The molecule has 0 heterocycles. The monoisotopic (exact) mass is 279 g/mol. The largest absolute Gasteiger partial charge is 0.508 e. The van der Waals surface area contributed by atoms with Gasteiger partial charge in [-0.1, -0.05) is 13.8 Å². The number of aromatic hydroxyl groups is 1. The van der Waals surface area contributed by atoms with E-state index in [1.54, 1.807) is 33.8 Å². The second-order valence-electron chi connectivity index (χ2n) is 5.60. The zero-order chi connectivity index (χ0) is 15.5. The molecule has 0 spiro atoms. The number of carboxylic acids is 1. The summed E-state index contributed by atoms with van der Waals surface area (Å²) in [5, 5.41) is 21.3. The lowest BCUT2D eigenvalue weighted by Crippen LogP contribution is -2.37. The van der Waals surface area contributed by atoms with Gasteiger partial charge in [-0.2, -0.15) is 0 Å². The van der Waals surface area contributed by atoms with Gasteiger partial charge in [-0.3, -0.25) is 9.59 Å². The summed E-state index contributed by atoms with van der Waals surface area (Å²) in [6.45, 7) is 6.90. The Hall–Kier alpha value is -2.04. The minimum atomic E-state index is -1.10. The van der Waals surface area contributed by atoms with Gasteiger partial charge >= 0.3 is 5.97 Å². The molecule has 3 N–H and O–H groups in total. The highest BCUT2D eigenvalue weighted by Gasteiger charge is 2.38. The number of phenolic OH excluding ortho intramolecular Hbond substituents is 1. The number of carboxylic acid groups (broad SMARTS) is 1. The van der Waals surface area contributed by atoms with Gasteiger partial charge in [0.05, 0.1) is 5.41 Å². The number of amides is 1. The summed E-state index contributed by atoms with van der Waals surface area (Å²) in [5.41, 5.74) is 0.193. The van der Waals surface area contributed by atoms with E-state index >= 15 is 0 Å². The number of aryl methyl sites for hydroxylation is 1. The number of nitrogens with one attached hydrogen (secondary N) is 1. The van der Waals surface area contributed by atoms with Gasteiger partial charge in [0.1, 0.15) is 5.75 Å². The lowest BCUT2D eigenvalue weighted by atomic mass is 9.76. The first-order valence-corrected chi connectivity index (χ1v) is 6.49. The number of phenols is 1. The van der Waals surface area contributed by atoms with Gasteiger partial charge in [-0.05, 0) is 43.5 Å². The van der Waals surface area contributed by atoms with Crippen molar-refractivity contribution in [1.82, 2.24) is 0 Å². The fourth-order valence-corrected chi connectivity index (χ4v) is 1.84. The Kier molecular flexibility index (Phi) is 4.76. The smallest absolute Gasteiger partial charge is 0.310 e. The van der Waals surface area contributed by atoms with E-state index in [0.29, 0.717) is 5.69 Å². The molecule has 0 aliphatic heterocycles. The minimum Gasteiger partial charge on any atom is -0.508 e. The van der Waals surface area contributed by atoms with Crippen molar-refractivity contribution in [2.75, 3.05) is 5.32 Å². The number of carbonyl (C=O) groups excluding carboxylic acids is 1. The number of anilines is 1. The average Bonchev–Trinajstić information content (AvgIpc) is 2.32. The Bertz CT molecular complexity index is 525. The molecule has 0 aromatic heterocycles. The number of aliphatic carboxylic acids is 1. The summed E-state index contributed by atoms with van der Waals surface area (Å²) >= 11 is 0. The second-order valence-corrected chi connectivity index (χ2v) is 5.60. The van der Waals surface area contributed by atoms with Crippen molar-refractivity contribution in [3.05, 3.63) is 23.8 Å². The van der Waals surface area contributed by atoms with Crippen LogP contribution in [-0.4, -0.2) is 22.1 Å². The minimum absolute atomic E-state index is 0.0969. The zero-order valence-electron chi connectivity index (χ0n) is 12.2. The molecule has 1 atom stereocenters. The Morgan fingerprint density at radius 3 is 2.40 bits per heavy atom. The third kappa shape index (κ3) is 3.50. The van der Waals surface area contributed by atoms with Crippen molar-refractivity contribution in [2.45, 2.75) is 34.1 Å². The summed E-state index contributed by atoms with van der Waals surface area (Å²) in [6, 6.07) is 4.60. The SMILES string of the molecule is Cc1cc(O)ccc1NC(=O)CC(C)(C(=O)O)C(C)C. The van der Waals surface area contributed by atoms with E-state index in [1.165, 1.54) is 12.1 Å². The Morgan fingerprint density at radius 1 is 1.35 bits per heavy atom. The molecular weight excluding hydrogens is 258 g/mol. The normalized spacial score (nSPS) is 13.8. The first-order chi connectivity index (χ1) is 9.16. The van der Waals surface area contributed by atoms with Gasteiger partial charge in [0.25, 0.3) is 0 Å². The molecule has 0 aliphatic rings. The highest BCUT2D eigenvalue weighted by Crippen LogP contribution is 2.32. The standard InChI is InChI=1S/C15H21NO4/c1-9(2)15(4,14(19)20)8-13(18)16-12-6-5-11(17)7-10(12)3/h5-7,9,17H,8H2,1-4H3,(H,16,18)(H,19,20). The summed E-state index contributed by atoms with van der Waals surface area (Å²) in [7, 11) is 0. The van der Waals surface area contributed by atoms with Gasteiger partial charge < -0.3 is 15.5 Å². The predicted molar refractivity (Wildman–Crippen MR) is 76.7 cm³/mol. The molecular formula is C15H21NO4. The summed E-state index contributed by atoms with van der Waals surface area (Å²) < 4.78 is 0. The number of rotatable bonds is 5. The van der Waals surface area contributed by atoms with Crippen LogP contribution in [0, 0.1) is 18.3 Å². The molecule has 1 amide bonds. The topological polar surface area (TPSA) is 86.6 Å². The molecule has 110 valence electrons. The third-order valence-electron chi connectivity index (χ3n) is 3.77. The number of hydrogen-bond donors (Lipinski definition) is 3. The van der Waals surface area contributed by atoms with Crippen molar-refractivity contribution >= 4 is 17.6 Å². The number of hydrogen-bond acceptors (Lipinski definition) is 3. The van der Waals surface area contributed by atoms with E-state index in [9.17, 15) is 19.8 Å². The second kappa shape index (κ2) is 5.94. The van der Waals surface area contributed by atoms with Crippen molar-refractivity contribution in [2.24, 2.45) is 11.3 Å². The van der Waals surface area contributed by atoms with Gasteiger partial charge in [-0.25, -0.2) is 0 Å². The zero-order valence-corrected chi connectivity index (χ0v) is 12.2. The van der Waals surface area contributed by atoms with E-state index in [2.05, 4.69) is 5.32 Å². The lowest BCUT2D eigenvalue weighted by molar-refractivity contribution is -0.153. The third-order valence-corrected chi connectivity index (χ3v) is 3.77. The van der Waals surface area contributed by atoms with Crippen molar-refractivity contribution in [3.8, 4) is 5.75 Å². The van der Waals surface area contributed by atoms with E-state index in [0.717, 1.165) is 5.56 Å². The fraction of sp³-hybridized carbons (Fsp3) is 0.467. The molecule has 1 aromatic rings. The summed E-state index contributed by atoms with van der Waals surface area (Å²) in [6.07, 6.45) is -0.0969. The van der Waals surface area contributed by atoms with Crippen LogP contribution in [0.3, 0.4) is 0 Å². The first-order valence-electron chi connectivity index (χ1n) is 6.49. The molecule has 20 heavy (non-hydrogen) atoms. The molecule has 0 saturated heterocycles. The van der Waals surface area contributed by atoms with E-state index in [1.807, 2.05) is 0 Å². The molecule has 0 saturated carbocycles. The van der Waals surface area contributed by atoms with Gasteiger partial charge in [0.2, 0.25) is 5.91 Å². The van der Waals surface area contributed by atoms with Crippen LogP contribution in [0.5, 0.6) is 5.75 Å². The lowest BCUT2D eigenvalue weighted by Gasteiger charge is -2.28. The van der Waals surface area contributed by atoms with Crippen LogP contribution in [0.15, 0.2) is 18.2 Å². The van der Waals surface area contributed by atoms with Crippen molar-refractivity contribution in [1.29, 1.82) is 0 Å². The Labute approximate surface area is 118 Å². The molecule has 0 bridgehead atoms. The van der Waals surface area contributed by atoms with Crippen molar-refractivity contribution < 1.29 is 19.8 Å². The van der Waals surface area contributed by atoms with E-state index < -0.39 is 11.4 Å². The van der Waals surface area contributed by atoms with Gasteiger partial charge in [-0.15, -0.1) is 0 Å². The molecule has 1 rings (SSSR count). The van der Waals surface area contributed by atoms with Crippen LogP contribution in [0.1, 0.15) is 32.8 Å². The summed E-state index contributed by atoms with van der Waals surface area (Å²) in [5.74, 6) is -1.37. The Morgan fingerprint density at radius 2 is 1.95 bits per heavy atom. The molecule has 5 nitrogen and oxygen atoms in total. The maximum Gasteiger partial charge on any atom is 0.310 e. The maximum atomic E-state index is 12.0. The first kappa shape index (κ1) is 16.0. The summed E-state index contributed by atoms with van der Waals surface area (Å²) in [4.78, 5) is 23.4.